The second-order valence-electron chi connectivity index (χ2n) is 5.90. The number of aromatic nitrogens is 3. The van der Waals surface area contributed by atoms with Gasteiger partial charge in [0.25, 0.3) is 5.91 Å². The van der Waals surface area contributed by atoms with Crippen molar-refractivity contribution in [2.75, 3.05) is 5.75 Å². The minimum absolute atomic E-state index is 0.198. The van der Waals surface area contributed by atoms with E-state index in [2.05, 4.69) is 52.6 Å². The first-order valence-electron chi connectivity index (χ1n) is 8.31. The molecule has 1 heterocycles. The lowest BCUT2D eigenvalue weighted by atomic mass is 10.1. The number of rotatable bonds is 6. The van der Waals surface area contributed by atoms with Crippen LogP contribution in [-0.2, 0) is 11.8 Å². The molecular formula is C19H17Br2N5OS. The van der Waals surface area contributed by atoms with Crippen LogP contribution in [0.5, 0.6) is 0 Å². The Morgan fingerprint density at radius 2 is 1.68 bits per heavy atom. The standard InChI is InChI=1S/C19H17Br2N5OS/c1-12(13-3-7-15(20)8-4-13)22-23-17(27)11-28-19-25-24-18(26(19)2)14-5-9-16(21)10-6-14/h3-10H,11H2,1-2H3,(H,23,27). The van der Waals surface area contributed by atoms with Gasteiger partial charge in [0.05, 0.1) is 11.5 Å². The molecule has 0 fully saturated rings. The topological polar surface area (TPSA) is 72.2 Å². The number of carbonyl (C=O) groups excluding carboxylic acids is 1. The van der Waals surface area contributed by atoms with Crippen LogP contribution in [0.3, 0.4) is 0 Å². The van der Waals surface area contributed by atoms with Gasteiger partial charge < -0.3 is 4.57 Å². The molecule has 0 aliphatic heterocycles. The van der Waals surface area contributed by atoms with Gasteiger partial charge in [0.15, 0.2) is 11.0 Å². The van der Waals surface area contributed by atoms with Crippen LogP contribution in [0.15, 0.2) is 67.7 Å². The summed E-state index contributed by atoms with van der Waals surface area (Å²) < 4.78 is 3.87. The van der Waals surface area contributed by atoms with E-state index in [0.717, 1.165) is 31.6 Å². The summed E-state index contributed by atoms with van der Waals surface area (Å²) in [7, 11) is 1.88. The molecule has 0 saturated heterocycles. The van der Waals surface area contributed by atoms with E-state index in [1.807, 2.05) is 67.1 Å². The van der Waals surface area contributed by atoms with Gasteiger partial charge in [0, 0.05) is 21.6 Å². The van der Waals surface area contributed by atoms with Gasteiger partial charge in [-0.1, -0.05) is 67.9 Å². The van der Waals surface area contributed by atoms with Gasteiger partial charge in [-0.3, -0.25) is 4.79 Å². The average molecular weight is 523 g/mol. The molecule has 0 bridgehead atoms. The first-order valence-corrected chi connectivity index (χ1v) is 10.9. The summed E-state index contributed by atoms with van der Waals surface area (Å²) >= 11 is 8.13. The summed E-state index contributed by atoms with van der Waals surface area (Å²) in [6, 6.07) is 15.6. The average Bonchev–Trinajstić information content (AvgIpc) is 3.06. The molecule has 144 valence electrons. The fourth-order valence-corrected chi connectivity index (χ4v) is 3.59. The van der Waals surface area contributed by atoms with Crippen LogP contribution < -0.4 is 5.43 Å². The highest BCUT2D eigenvalue weighted by Gasteiger charge is 2.13. The largest absolute Gasteiger partial charge is 0.305 e. The molecule has 28 heavy (non-hydrogen) atoms. The zero-order valence-corrected chi connectivity index (χ0v) is 19.2. The van der Waals surface area contributed by atoms with E-state index in [9.17, 15) is 4.79 Å². The molecule has 0 aliphatic rings. The first-order chi connectivity index (χ1) is 13.4. The Balaban J connectivity index is 1.58. The molecule has 1 aromatic heterocycles. The van der Waals surface area contributed by atoms with Gasteiger partial charge in [0.2, 0.25) is 0 Å². The Bertz CT molecular complexity index is 1000. The number of halogens is 2. The van der Waals surface area contributed by atoms with Crippen molar-refractivity contribution in [3.05, 3.63) is 63.0 Å². The van der Waals surface area contributed by atoms with Crippen molar-refractivity contribution < 1.29 is 4.79 Å². The van der Waals surface area contributed by atoms with Crippen molar-refractivity contribution in [1.82, 2.24) is 20.2 Å². The van der Waals surface area contributed by atoms with Gasteiger partial charge in [-0.05, 0) is 36.8 Å². The van der Waals surface area contributed by atoms with Gasteiger partial charge in [0.1, 0.15) is 0 Å². The van der Waals surface area contributed by atoms with Crippen LogP contribution in [0.25, 0.3) is 11.4 Å². The van der Waals surface area contributed by atoms with Crippen molar-refractivity contribution in [3.63, 3.8) is 0 Å². The highest BCUT2D eigenvalue weighted by atomic mass is 79.9. The maximum atomic E-state index is 12.1. The molecule has 0 saturated carbocycles. The van der Waals surface area contributed by atoms with E-state index in [1.165, 1.54) is 11.8 Å². The number of nitrogens with one attached hydrogen (secondary N) is 1. The smallest absolute Gasteiger partial charge is 0.250 e. The van der Waals surface area contributed by atoms with Crippen molar-refractivity contribution in [1.29, 1.82) is 0 Å². The molecule has 1 amide bonds. The van der Waals surface area contributed by atoms with Gasteiger partial charge in [-0.2, -0.15) is 5.10 Å². The molecular weight excluding hydrogens is 506 g/mol. The number of nitrogens with zero attached hydrogens (tertiary/aromatic N) is 4. The van der Waals surface area contributed by atoms with Gasteiger partial charge in [-0.25, -0.2) is 5.43 Å². The third kappa shape index (κ3) is 5.30. The summed E-state index contributed by atoms with van der Waals surface area (Å²) in [6.07, 6.45) is 0. The van der Waals surface area contributed by atoms with Crippen LogP contribution in [0, 0.1) is 0 Å². The molecule has 1 N–H and O–H groups in total. The molecule has 3 rings (SSSR count). The Morgan fingerprint density at radius 1 is 1.07 bits per heavy atom. The van der Waals surface area contributed by atoms with Crippen molar-refractivity contribution >= 4 is 55.2 Å². The van der Waals surface area contributed by atoms with E-state index >= 15 is 0 Å². The molecule has 2 aromatic carbocycles. The second kappa shape index (κ2) is 9.49. The molecule has 9 heteroatoms. The predicted octanol–water partition coefficient (Wildman–Crippen LogP) is 4.64. The number of hydrogen-bond donors (Lipinski definition) is 1. The first kappa shape index (κ1) is 20.8. The number of carbonyl (C=O) groups is 1. The fourth-order valence-electron chi connectivity index (χ4n) is 2.36. The summed E-state index contributed by atoms with van der Waals surface area (Å²) in [6.45, 7) is 1.85. The van der Waals surface area contributed by atoms with Crippen molar-refractivity contribution in [3.8, 4) is 11.4 Å². The highest BCUT2D eigenvalue weighted by molar-refractivity contribution is 9.10. The van der Waals surface area contributed by atoms with Crippen LogP contribution in [0.4, 0.5) is 0 Å². The van der Waals surface area contributed by atoms with Crippen LogP contribution in [0.1, 0.15) is 12.5 Å². The monoisotopic (exact) mass is 521 g/mol. The molecule has 0 radical (unpaired) electrons. The molecule has 3 aromatic rings. The third-order valence-corrected chi connectivity index (χ3v) is 5.96. The molecule has 0 unspecified atom stereocenters. The van der Waals surface area contributed by atoms with Crippen LogP contribution >= 0.6 is 43.6 Å². The highest BCUT2D eigenvalue weighted by Crippen LogP contribution is 2.23. The third-order valence-electron chi connectivity index (χ3n) is 3.88. The summed E-state index contributed by atoms with van der Waals surface area (Å²) in [5.41, 5.74) is 5.23. The van der Waals surface area contributed by atoms with E-state index in [4.69, 9.17) is 0 Å². The fraction of sp³-hybridized carbons (Fsp3) is 0.158. The van der Waals surface area contributed by atoms with Crippen LogP contribution in [0.2, 0.25) is 0 Å². The van der Waals surface area contributed by atoms with Crippen molar-refractivity contribution in [2.24, 2.45) is 12.1 Å². The minimum Gasteiger partial charge on any atom is -0.305 e. The lowest BCUT2D eigenvalue weighted by molar-refractivity contribution is -0.118. The number of hydrogen-bond acceptors (Lipinski definition) is 5. The molecule has 0 atom stereocenters. The summed E-state index contributed by atoms with van der Waals surface area (Å²) in [5.74, 6) is 0.748. The number of thioether (sulfide) groups is 1. The number of benzene rings is 2. The van der Waals surface area contributed by atoms with Crippen LogP contribution in [-0.4, -0.2) is 32.1 Å². The Hall–Kier alpha value is -1.97. The predicted molar refractivity (Wildman–Crippen MR) is 119 cm³/mol. The lowest BCUT2D eigenvalue weighted by Crippen LogP contribution is -2.21. The Labute approximate surface area is 184 Å². The number of hydrazone groups is 1. The van der Waals surface area contributed by atoms with Crippen molar-refractivity contribution in [2.45, 2.75) is 12.1 Å². The molecule has 0 spiro atoms. The Kier molecular flexibility index (Phi) is 7.03. The maximum Gasteiger partial charge on any atom is 0.250 e. The lowest BCUT2D eigenvalue weighted by Gasteiger charge is -2.05. The zero-order valence-electron chi connectivity index (χ0n) is 15.2. The molecule has 6 nitrogen and oxygen atoms in total. The van der Waals surface area contributed by atoms with Gasteiger partial charge >= 0.3 is 0 Å². The summed E-state index contributed by atoms with van der Waals surface area (Å²) in [4.78, 5) is 12.1. The second-order valence-corrected chi connectivity index (χ2v) is 8.67. The normalized spacial score (nSPS) is 11.5. The minimum atomic E-state index is -0.199. The van der Waals surface area contributed by atoms with E-state index in [-0.39, 0.29) is 11.7 Å². The zero-order chi connectivity index (χ0) is 20.1. The van der Waals surface area contributed by atoms with E-state index in [1.54, 1.807) is 0 Å². The SMILES string of the molecule is CC(=NNC(=O)CSc1nnc(-c2ccc(Br)cc2)n1C)c1ccc(Br)cc1. The Morgan fingerprint density at radius 3 is 2.32 bits per heavy atom. The van der Waals surface area contributed by atoms with E-state index in [0.29, 0.717) is 5.16 Å². The molecule has 0 aliphatic carbocycles. The van der Waals surface area contributed by atoms with Gasteiger partial charge in [-0.15, -0.1) is 10.2 Å². The summed E-state index contributed by atoms with van der Waals surface area (Å²) in [5, 5.41) is 13.2. The van der Waals surface area contributed by atoms with E-state index < -0.39 is 0 Å². The maximum absolute atomic E-state index is 12.1. The number of amides is 1. The quantitative estimate of drug-likeness (QED) is 0.291.